The molecule has 0 aliphatic rings. The van der Waals surface area contributed by atoms with E-state index in [0.717, 1.165) is 16.7 Å². The van der Waals surface area contributed by atoms with Crippen molar-refractivity contribution >= 4 is 33.4 Å². The second-order valence-corrected chi connectivity index (χ2v) is 7.49. The molecule has 3 aromatic rings. The van der Waals surface area contributed by atoms with Gasteiger partial charge >= 0.3 is 5.97 Å². The van der Waals surface area contributed by atoms with Crippen LogP contribution in [-0.2, 0) is 20.9 Å². The normalized spacial score (nSPS) is 10.8. The first kappa shape index (κ1) is 20.7. The molecule has 1 aromatic carbocycles. The van der Waals surface area contributed by atoms with Crippen LogP contribution in [0.15, 0.2) is 40.8 Å². The Labute approximate surface area is 172 Å². The van der Waals surface area contributed by atoms with E-state index in [9.17, 15) is 14.4 Å². The van der Waals surface area contributed by atoms with Crippen molar-refractivity contribution in [3.05, 3.63) is 51.9 Å². The van der Waals surface area contributed by atoms with Crippen molar-refractivity contribution in [3.63, 3.8) is 0 Å². The third kappa shape index (κ3) is 5.08. The molecule has 8 heteroatoms. The van der Waals surface area contributed by atoms with Crippen molar-refractivity contribution in [2.45, 2.75) is 33.2 Å². The van der Waals surface area contributed by atoms with E-state index < -0.39 is 0 Å². The van der Waals surface area contributed by atoms with Crippen LogP contribution >= 0.6 is 11.3 Å². The first-order valence-electron chi connectivity index (χ1n) is 9.45. The van der Waals surface area contributed by atoms with Gasteiger partial charge in [0.25, 0.3) is 5.56 Å². The highest BCUT2D eigenvalue weighted by Gasteiger charge is 2.14. The molecule has 0 aliphatic heterocycles. The van der Waals surface area contributed by atoms with Crippen molar-refractivity contribution in [1.29, 1.82) is 0 Å². The van der Waals surface area contributed by atoms with Gasteiger partial charge in [0.05, 0.1) is 18.3 Å². The van der Waals surface area contributed by atoms with Gasteiger partial charge in [0, 0.05) is 23.9 Å². The molecule has 7 nitrogen and oxygen atoms in total. The highest BCUT2D eigenvalue weighted by Crippen LogP contribution is 2.30. The smallest absolute Gasteiger partial charge is 0.305 e. The lowest BCUT2D eigenvalue weighted by Gasteiger charge is -2.08. The topological polar surface area (TPSA) is 90.3 Å². The van der Waals surface area contributed by atoms with Crippen molar-refractivity contribution in [2.75, 3.05) is 13.2 Å². The first-order chi connectivity index (χ1) is 14.0. The van der Waals surface area contributed by atoms with Crippen molar-refractivity contribution in [3.8, 4) is 11.1 Å². The molecule has 1 amide bonds. The first-order valence-corrected chi connectivity index (χ1v) is 10.3. The number of hydrogen-bond donors (Lipinski definition) is 1. The van der Waals surface area contributed by atoms with Crippen LogP contribution in [0.3, 0.4) is 0 Å². The van der Waals surface area contributed by atoms with Gasteiger partial charge < -0.3 is 10.1 Å². The third-order valence-electron chi connectivity index (χ3n) is 4.42. The van der Waals surface area contributed by atoms with E-state index in [-0.39, 0.29) is 30.4 Å². The molecule has 3 rings (SSSR count). The van der Waals surface area contributed by atoms with E-state index in [0.29, 0.717) is 29.8 Å². The molecule has 0 saturated carbocycles. The summed E-state index contributed by atoms with van der Waals surface area (Å²) in [6.45, 7) is 4.33. The van der Waals surface area contributed by atoms with Crippen LogP contribution in [0.2, 0.25) is 0 Å². The molecule has 0 spiro atoms. The predicted octanol–water partition coefficient (Wildman–Crippen LogP) is 2.89. The van der Waals surface area contributed by atoms with E-state index in [4.69, 9.17) is 4.74 Å². The number of aryl methyl sites for hydroxylation is 1. The molecule has 0 unspecified atom stereocenters. The monoisotopic (exact) mass is 413 g/mol. The standard InChI is InChI=1S/C21H23N3O4S/c1-3-28-18(26)5-4-10-22-17(25)11-24-13-23-20-19(21(24)27)16(12-29-20)15-8-6-14(2)7-9-15/h6-9,12-13H,3-5,10-11H2,1-2H3,(H,22,25). The number of nitrogens with one attached hydrogen (secondary N) is 1. The van der Waals surface area contributed by atoms with E-state index in [1.54, 1.807) is 6.92 Å². The van der Waals surface area contributed by atoms with Crippen LogP contribution in [-0.4, -0.2) is 34.6 Å². The molecule has 29 heavy (non-hydrogen) atoms. The minimum Gasteiger partial charge on any atom is -0.466 e. The quantitative estimate of drug-likeness (QED) is 0.453. The van der Waals surface area contributed by atoms with Gasteiger partial charge in [-0.15, -0.1) is 11.3 Å². The summed E-state index contributed by atoms with van der Waals surface area (Å²) in [5, 5.41) is 5.16. The molecule has 152 valence electrons. The molecule has 0 bridgehead atoms. The number of carbonyl (C=O) groups excluding carboxylic acids is 2. The van der Waals surface area contributed by atoms with Crippen LogP contribution in [0.25, 0.3) is 21.3 Å². The van der Waals surface area contributed by atoms with Crippen LogP contribution in [0.1, 0.15) is 25.3 Å². The lowest BCUT2D eigenvalue weighted by Crippen LogP contribution is -2.33. The largest absolute Gasteiger partial charge is 0.466 e. The zero-order valence-electron chi connectivity index (χ0n) is 16.4. The Bertz CT molecular complexity index is 1070. The number of ether oxygens (including phenoxy) is 1. The number of carbonyl (C=O) groups is 2. The van der Waals surface area contributed by atoms with Gasteiger partial charge in [-0.2, -0.15) is 0 Å². The molecule has 2 aromatic heterocycles. The lowest BCUT2D eigenvalue weighted by atomic mass is 10.1. The number of hydrogen-bond acceptors (Lipinski definition) is 6. The van der Waals surface area contributed by atoms with Gasteiger partial charge in [-0.3, -0.25) is 19.0 Å². The maximum atomic E-state index is 13.0. The van der Waals surface area contributed by atoms with Crippen LogP contribution in [0.4, 0.5) is 0 Å². The molecule has 0 aliphatic carbocycles. The molecule has 0 atom stereocenters. The van der Waals surface area contributed by atoms with Crippen LogP contribution in [0.5, 0.6) is 0 Å². The Balaban J connectivity index is 1.70. The Morgan fingerprint density at radius 1 is 1.24 bits per heavy atom. The second kappa shape index (κ2) is 9.47. The van der Waals surface area contributed by atoms with Crippen molar-refractivity contribution in [2.24, 2.45) is 0 Å². The van der Waals surface area contributed by atoms with Crippen LogP contribution < -0.4 is 10.9 Å². The fourth-order valence-electron chi connectivity index (χ4n) is 2.93. The summed E-state index contributed by atoms with van der Waals surface area (Å²) in [4.78, 5) is 41.4. The molecule has 0 saturated heterocycles. The fraction of sp³-hybridized carbons (Fsp3) is 0.333. The summed E-state index contributed by atoms with van der Waals surface area (Å²) >= 11 is 1.41. The van der Waals surface area contributed by atoms with Gasteiger partial charge in [-0.25, -0.2) is 4.98 Å². The summed E-state index contributed by atoms with van der Waals surface area (Å²) in [6, 6.07) is 7.95. The van der Waals surface area contributed by atoms with Crippen molar-refractivity contribution in [1.82, 2.24) is 14.9 Å². The number of nitrogens with zero attached hydrogens (tertiary/aromatic N) is 2. The fourth-order valence-corrected chi connectivity index (χ4v) is 3.84. The third-order valence-corrected chi connectivity index (χ3v) is 5.31. The number of amides is 1. The molecule has 1 N–H and O–H groups in total. The lowest BCUT2D eigenvalue weighted by molar-refractivity contribution is -0.143. The number of esters is 1. The zero-order chi connectivity index (χ0) is 20.8. The number of fused-ring (bicyclic) bond motifs is 1. The number of aromatic nitrogens is 2. The average molecular weight is 413 g/mol. The minimum absolute atomic E-state index is 0.121. The summed E-state index contributed by atoms with van der Waals surface area (Å²) in [5.41, 5.74) is 2.67. The molecule has 0 fully saturated rings. The Morgan fingerprint density at radius 2 is 2.00 bits per heavy atom. The maximum Gasteiger partial charge on any atom is 0.305 e. The molecular formula is C21H23N3O4S. The SMILES string of the molecule is CCOC(=O)CCCNC(=O)Cn1cnc2scc(-c3ccc(C)cc3)c2c1=O. The van der Waals surface area contributed by atoms with E-state index in [1.807, 2.05) is 36.6 Å². The van der Waals surface area contributed by atoms with Gasteiger partial charge in [0.1, 0.15) is 11.4 Å². The highest BCUT2D eigenvalue weighted by atomic mass is 32.1. The van der Waals surface area contributed by atoms with Crippen LogP contribution in [0, 0.1) is 6.92 Å². The maximum absolute atomic E-state index is 13.0. The van der Waals surface area contributed by atoms with Crippen molar-refractivity contribution < 1.29 is 14.3 Å². The highest BCUT2D eigenvalue weighted by molar-refractivity contribution is 7.17. The number of thiophene rings is 1. The average Bonchev–Trinajstić information content (AvgIpc) is 3.13. The Kier molecular flexibility index (Phi) is 6.77. The van der Waals surface area contributed by atoms with Gasteiger partial charge in [-0.05, 0) is 25.8 Å². The summed E-state index contributed by atoms with van der Waals surface area (Å²) < 4.78 is 6.16. The summed E-state index contributed by atoms with van der Waals surface area (Å²) in [5.74, 6) is -0.585. The second-order valence-electron chi connectivity index (χ2n) is 6.63. The molecule has 0 radical (unpaired) electrons. The number of benzene rings is 1. The van der Waals surface area contributed by atoms with E-state index in [1.165, 1.54) is 22.2 Å². The Hall–Kier alpha value is -3.00. The van der Waals surface area contributed by atoms with Gasteiger partial charge in [-0.1, -0.05) is 29.8 Å². The van der Waals surface area contributed by atoms with E-state index in [2.05, 4.69) is 10.3 Å². The minimum atomic E-state index is -0.302. The van der Waals surface area contributed by atoms with E-state index >= 15 is 0 Å². The van der Waals surface area contributed by atoms with Gasteiger partial charge in [0.15, 0.2) is 0 Å². The molecule has 2 heterocycles. The predicted molar refractivity (Wildman–Crippen MR) is 113 cm³/mol. The Morgan fingerprint density at radius 3 is 2.72 bits per heavy atom. The van der Waals surface area contributed by atoms with Gasteiger partial charge in [0.2, 0.25) is 5.91 Å². The summed E-state index contributed by atoms with van der Waals surface area (Å²) in [6.07, 6.45) is 2.13. The zero-order valence-corrected chi connectivity index (χ0v) is 17.3. The summed E-state index contributed by atoms with van der Waals surface area (Å²) in [7, 11) is 0. The molecular weight excluding hydrogens is 390 g/mol. The number of rotatable bonds is 8.